The minimum atomic E-state index is 0.0794. The predicted octanol–water partition coefficient (Wildman–Crippen LogP) is 4.07. The lowest BCUT2D eigenvalue weighted by atomic mass is 10.1. The van der Waals surface area contributed by atoms with E-state index < -0.39 is 0 Å². The van der Waals surface area contributed by atoms with Gasteiger partial charge in [-0.25, -0.2) is 0 Å². The number of benzene rings is 2. The van der Waals surface area contributed by atoms with Crippen molar-refractivity contribution in [3.05, 3.63) is 65.2 Å². The van der Waals surface area contributed by atoms with Crippen LogP contribution in [0.5, 0.6) is 5.75 Å². The summed E-state index contributed by atoms with van der Waals surface area (Å²) in [5, 5.41) is 2.99. The first-order chi connectivity index (χ1) is 11.5. The summed E-state index contributed by atoms with van der Waals surface area (Å²) in [5.41, 5.74) is 3.50. The van der Waals surface area contributed by atoms with Gasteiger partial charge in [-0.15, -0.1) is 0 Å². The molecular formula is C21H27NO2. The molecule has 0 aliphatic heterocycles. The normalized spacial score (nSPS) is 10.7. The van der Waals surface area contributed by atoms with Gasteiger partial charge in [0.2, 0.25) is 5.91 Å². The topological polar surface area (TPSA) is 38.3 Å². The zero-order valence-electron chi connectivity index (χ0n) is 14.8. The fourth-order valence-electron chi connectivity index (χ4n) is 2.52. The quantitative estimate of drug-likeness (QED) is 0.743. The van der Waals surface area contributed by atoms with Crippen LogP contribution in [0.3, 0.4) is 0 Å². The Bertz CT molecular complexity index is 647. The second-order valence-electron chi connectivity index (χ2n) is 6.43. The van der Waals surface area contributed by atoms with E-state index in [9.17, 15) is 4.79 Å². The standard InChI is InChI=1S/C21H27NO2/c1-16(2)24-20-8-4-6-18(14-20)7-5-13-22-21(23)15-19-11-9-17(3)10-12-19/h4,6,8-12,14,16H,5,7,13,15H2,1-3H3,(H,22,23). The molecule has 1 N–H and O–H groups in total. The van der Waals surface area contributed by atoms with E-state index in [4.69, 9.17) is 4.74 Å². The smallest absolute Gasteiger partial charge is 0.224 e. The van der Waals surface area contributed by atoms with Crippen LogP contribution in [0.15, 0.2) is 48.5 Å². The molecule has 3 heteroatoms. The molecule has 0 aliphatic carbocycles. The Hall–Kier alpha value is -2.29. The summed E-state index contributed by atoms with van der Waals surface area (Å²) in [7, 11) is 0. The summed E-state index contributed by atoms with van der Waals surface area (Å²) >= 11 is 0. The molecule has 0 fully saturated rings. The number of aryl methyl sites for hydroxylation is 2. The van der Waals surface area contributed by atoms with E-state index in [1.165, 1.54) is 11.1 Å². The third kappa shape index (κ3) is 6.45. The summed E-state index contributed by atoms with van der Waals surface area (Å²) in [6.45, 7) is 6.79. The van der Waals surface area contributed by atoms with Crippen LogP contribution >= 0.6 is 0 Å². The van der Waals surface area contributed by atoms with E-state index in [1.54, 1.807) is 0 Å². The molecule has 24 heavy (non-hydrogen) atoms. The lowest BCUT2D eigenvalue weighted by molar-refractivity contribution is -0.120. The van der Waals surface area contributed by atoms with Crippen LogP contribution in [0.25, 0.3) is 0 Å². The van der Waals surface area contributed by atoms with E-state index in [2.05, 4.69) is 17.4 Å². The van der Waals surface area contributed by atoms with Crippen molar-refractivity contribution in [3.8, 4) is 5.75 Å². The van der Waals surface area contributed by atoms with Crippen molar-refractivity contribution in [2.45, 2.75) is 46.1 Å². The highest BCUT2D eigenvalue weighted by molar-refractivity contribution is 5.78. The molecule has 0 saturated carbocycles. The number of amides is 1. The minimum Gasteiger partial charge on any atom is -0.491 e. The fourth-order valence-corrected chi connectivity index (χ4v) is 2.52. The van der Waals surface area contributed by atoms with Gasteiger partial charge in [-0.1, -0.05) is 42.0 Å². The number of hydrogen-bond acceptors (Lipinski definition) is 2. The van der Waals surface area contributed by atoms with Crippen molar-refractivity contribution in [1.82, 2.24) is 5.32 Å². The second-order valence-corrected chi connectivity index (χ2v) is 6.43. The highest BCUT2D eigenvalue weighted by atomic mass is 16.5. The summed E-state index contributed by atoms with van der Waals surface area (Å²) in [5.74, 6) is 0.988. The van der Waals surface area contributed by atoms with Gasteiger partial charge in [-0.2, -0.15) is 0 Å². The van der Waals surface area contributed by atoms with Gasteiger partial charge in [-0.3, -0.25) is 4.79 Å². The molecule has 0 unspecified atom stereocenters. The first-order valence-electron chi connectivity index (χ1n) is 8.61. The molecule has 0 aliphatic rings. The van der Waals surface area contributed by atoms with Gasteiger partial charge in [0.05, 0.1) is 12.5 Å². The minimum absolute atomic E-state index is 0.0794. The van der Waals surface area contributed by atoms with Gasteiger partial charge in [0.25, 0.3) is 0 Å². The van der Waals surface area contributed by atoms with Gasteiger partial charge < -0.3 is 10.1 Å². The van der Waals surface area contributed by atoms with Crippen molar-refractivity contribution in [1.29, 1.82) is 0 Å². The molecule has 2 rings (SSSR count). The molecule has 0 saturated heterocycles. The van der Waals surface area contributed by atoms with Gasteiger partial charge in [0.15, 0.2) is 0 Å². The van der Waals surface area contributed by atoms with E-state index in [1.807, 2.05) is 57.2 Å². The Kier molecular flexibility index (Phi) is 6.86. The first-order valence-corrected chi connectivity index (χ1v) is 8.61. The molecule has 1 amide bonds. The van der Waals surface area contributed by atoms with Crippen LogP contribution in [0.4, 0.5) is 0 Å². The molecule has 0 aromatic heterocycles. The molecule has 2 aromatic carbocycles. The molecule has 128 valence electrons. The van der Waals surface area contributed by atoms with Gasteiger partial charge in [0.1, 0.15) is 5.75 Å². The maximum absolute atomic E-state index is 12.0. The largest absolute Gasteiger partial charge is 0.491 e. The van der Waals surface area contributed by atoms with Crippen molar-refractivity contribution in [3.63, 3.8) is 0 Å². The maximum Gasteiger partial charge on any atom is 0.224 e. The van der Waals surface area contributed by atoms with Crippen LogP contribution in [0.1, 0.15) is 37.0 Å². The Balaban J connectivity index is 1.70. The lowest BCUT2D eigenvalue weighted by Gasteiger charge is -2.11. The highest BCUT2D eigenvalue weighted by Gasteiger charge is 2.03. The second kappa shape index (κ2) is 9.11. The molecule has 0 radical (unpaired) electrons. The average Bonchev–Trinajstić information content (AvgIpc) is 2.53. The fraction of sp³-hybridized carbons (Fsp3) is 0.381. The van der Waals surface area contributed by atoms with E-state index in [0.717, 1.165) is 24.2 Å². The Labute approximate surface area is 145 Å². The van der Waals surface area contributed by atoms with Gasteiger partial charge in [-0.05, 0) is 56.9 Å². The van der Waals surface area contributed by atoms with Crippen molar-refractivity contribution >= 4 is 5.91 Å². The predicted molar refractivity (Wildman–Crippen MR) is 98.4 cm³/mol. The SMILES string of the molecule is Cc1ccc(CC(=O)NCCCc2cccc(OC(C)C)c2)cc1. The van der Waals surface area contributed by atoms with Crippen molar-refractivity contribution in [2.24, 2.45) is 0 Å². The Morgan fingerprint density at radius 3 is 2.54 bits per heavy atom. The third-order valence-electron chi connectivity index (χ3n) is 3.72. The Morgan fingerprint density at radius 2 is 1.83 bits per heavy atom. The number of nitrogens with one attached hydrogen (secondary N) is 1. The van der Waals surface area contributed by atoms with Gasteiger partial charge in [0, 0.05) is 6.54 Å². The third-order valence-corrected chi connectivity index (χ3v) is 3.72. The number of carbonyl (C=O) groups is 1. The van der Waals surface area contributed by atoms with Crippen LogP contribution in [-0.2, 0) is 17.6 Å². The van der Waals surface area contributed by atoms with Crippen molar-refractivity contribution in [2.75, 3.05) is 6.54 Å². The van der Waals surface area contributed by atoms with Crippen LogP contribution < -0.4 is 10.1 Å². The summed E-state index contributed by atoms with van der Waals surface area (Å²) in [6.07, 6.45) is 2.48. The van der Waals surface area contributed by atoms with E-state index >= 15 is 0 Å². The summed E-state index contributed by atoms with van der Waals surface area (Å²) in [4.78, 5) is 12.0. The molecular weight excluding hydrogens is 298 g/mol. The van der Waals surface area contributed by atoms with Crippen LogP contribution in [0.2, 0.25) is 0 Å². The molecule has 0 heterocycles. The number of rotatable bonds is 8. The lowest BCUT2D eigenvalue weighted by Crippen LogP contribution is -2.26. The van der Waals surface area contributed by atoms with E-state index in [0.29, 0.717) is 13.0 Å². The number of carbonyl (C=O) groups excluding carboxylic acids is 1. The zero-order valence-corrected chi connectivity index (χ0v) is 14.8. The maximum atomic E-state index is 12.0. The zero-order chi connectivity index (χ0) is 17.4. The Morgan fingerprint density at radius 1 is 1.08 bits per heavy atom. The molecule has 3 nitrogen and oxygen atoms in total. The van der Waals surface area contributed by atoms with Crippen molar-refractivity contribution < 1.29 is 9.53 Å². The molecule has 0 spiro atoms. The first kappa shape index (κ1) is 18.1. The highest BCUT2D eigenvalue weighted by Crippen LogP contribution is 2.16. The molecule has 2 aromatic rings. The molecule has 0 atom stereocenters. The van der Waals surface area contributed by atoms with Gasteiger partial charge >= 0.3 is 0 Å². The monoisotopic (exact) mass is 325 g/mol. The van der Waals surface area contributed by atoms with Crippen LogP contribution in [-0.4, -0.2) is 18.6 Å². The van der Waals surface area contributed by atoms with Crippen LogP contribution in [0, 0.1) is 6.92 Å². The molecule has 0 bridgehead atoms. The van der Waals surface area contributed by atoms with E-state index in [-0.39, 0.29) is 12.0 Å². The number of hydrogen-bond donors (Lipinski definition) is 1. The number of ether oxygens (including phenoxy) is 1. The summed E-state index contributed by atoms with van der Waals surface area (Å²) in [6, 6.07) is 16.3. The average molecular weight is 325 g/mol. The summed E-state index contributed by atoms with van der Waals surface area (Å²) < 4.78 is 5.70.